The smallest absolute Gasteiger partial charge is 0.143 e. The summed E-state index contributed by atoms with van der Waals surface area (Å²) in [6.07, 6.45) is 3.39. The van der Waals surface area contributed by atoms with Crippen LogP contribution in [-0.4, -0.2) is 17.0 Å². The van der Waals surface area contributed by atoms with Crippen molar-refractivity contribution in [3.8, 4) is 0 Å². The fourth-order valence-electron chi connectivity index (χ4n) is 1.73. The van der Waals surface area contributed by atoms with E-state index in [0.717, 1.165) is 17.3 Å². The van der Waals surface area contributed by atoms with Crippen LogP contribution < -0.4 is 9.80 Å². The molecule has 17 heavy (non-hydrogen) atoms. The van der Waals surface area contributed by atoms with Crippen LogP contribution >= 0.6 is 0 Å². The van der Waals surface area contributed by atoms with Gasteiger partial charge in [-0.1, -0.05) is 0 Å². The minimum atomic E-state index is 0. The van der Waals surface area contributed by atoms with Gasteiger partial charge in [0.15, 0.2) is 0 Å². The van der Waals surface area contributed by atoms with Gasteiger partial charge < -0.3 is 9.80 Å². The summed E-state index contributed by atoms with van der Waals surface area (Å²) in [4.78, 5) is 12.6. The summed E-state index contributed by atoms with van der Waals surface area (Å²) >= 11 is 0. The second-order valence-electron chi connectivity index (χ2n) is 3.55. The molecule has 0 amide bonds. The summed E-state index contributed by atoms with van der Waals surface area (Å²) in [5, 5.41) is 0. The molecule has 0 aliphatic carbocycles. The van der Waals surface area contributed by atoms with Gasteiger partial charge >= 0.3 is 0 Å². The standard InChI is InChI=1S/C12H10N4.Ir/c1-15-9-16(10-5-3-2-4-6-10)12-11(15)13-7-8-14-12;/h2-5,7-9H,1H3;/q-2;. The van der Waals surface area contributed by atoms with Gasteiger partial charge in [-0.3, -0.25) is 0 Å². The normalized spacial score (nSPS) is 13.2. The van der Waals surface area contributed by atoms with Crippen LogP contribution in [0.25, 0.3) is 0 Å². The molecule has 4 nitrogen and oxygen atoms in total. The van der Waals surface area contributed by atoms with E-state index >= 15 is 0 Å². The fourth-order valence-corrected chi connectivity index (χ4v) is 1.73. The van der Waals surface area contributed by atoms with E-state index in [0.29, 0.717) is 0 Å². The second kappa shape index (κ2) is 4.82. The van der Waals surface area contributed by atoms with Crippen LogP contribution in [-0.2, 0) is 20.1 Å². The Bertz CT molecular complexity index is 503. The number of nitrogens with zero attached hydrogens (tertiary/aromatic N) is 4. The van der Waals surface area contributed by atoms with Crippen molar-refractivity contribution in [3.63, 3.8) is 0 Å². The van der Waals surface area contributed by atoms with Crippen LogP contribution in [0.15, 0.2) is 36.7 Å². The van der Waals surface area contributed by atoms with E-state index in [1.54, 1.807) is 12.4 Å². The molecule has 2 aromatic rings. The van der Waals surface area contributed by atoms with E-state index in [4.69, 9.17) is 0 Å². The van der Waals surface area contributed by atoms with Crippen LogP contribution in [0.1, 0.15) is 0 Å². The monoisotopic (exact) mass is 403 g/mol. The third-order valence-corrected chi connectivity index (χ3v) is 2.46. The molecule has 0 unspecified atom stereocenters. The molecule has 89 valence electrons. The van der Waals surface area contributed by atoms with E-state index in [9.17, 15) is 0 Å². The number of hydrogen-bond acceptors (Lipinski definition) is 4. The van der Waals surface area contributed by atoms with Crippen LogP contribution in [0.4, 0.5) is 17.3 Å². The zero-order valence-corrected chi connectivity index (χ0v) is 11.6. The summed E-state index contributed by atoms with van der Waals surface area (Å²) in [6, 6.07) is 11.0. The summed E-state index contributed by atoms with van der Waals surface area (Å²) in [5.41, 5.74) is 0.966. The SMILES string of the molecule is CN1[CH-]N(c2[c-]cccc2)c2nccnc21.[Ir]. The van der Waals surface area contributed by atoms with Crippen molar-refractivity contribution < 1.29 is 20.1 Å². The third kappa shape index (κ3) is 2.04. The van der Waals surface area contributed by atoms with Gasteiger partial charge in [-0.25, -0.2) is 9.97 Å². The minimum Gasteiger partial charge on any atom is -0.487 e. The van der Waals surface area contributed by atoms with E-state index in [-0.39, 0.29) is 20.1 Å². The van der Waals surface area contributed by atoms with Crippen molar-refractivity contribution in [2.45, 2.75) is 0 Å². The Balaban J connectivity index is 0.00000108. The number of benzene rings is 1. The van der Waals surface area contributed by atoms with Crippen molar-refractivity contribution in [3.05, 3.63) is 49.4 Å². The van der Waals surface area contributed by atoms with Gasteiger partial charge in [-0.05, 0) is 7.05 Å². The predicted molar refractivity (Wildman–Crippen MR) is 62.2 cm³/mol. The molecule has 0 fully saturated rings. The van der Waals surface area contributed by atoms with Gasteiger partial charge in [0.1, 0.15) is 11.6 Å². The zero-order chi connectivity index (χ0) is 11.0. The fraction of sp³-hybridized carbons (Fsp3) is 0.0833. The molecule has 0 N–H and O–H groups in total. The minimum absolute atomic E-state index is 0. The Kier molecular flexibility index (Phi) is 3.40. The number of anilines is 3. The van der Waals surface area contributed by atoms with Crippen LogP contribution in [0.3, 0.4) is 0 Å². The summed E-state index contributed by atoms with van der Waals surface area (Å²) in [7, 11) is 1.95. The van der Waals surface area contributed by atoms with Crippen LogP contribution in [0.5, 0.6) is 0 Å². The first kappa shape index (κ1) is 12.0. The Morgan fingerprint density at radius 3 is 2.65 bits per heavy atom. The van der Waals surface area contributed by atoms with E-state index in [2.05, 4.69) is 16.0 Å². The Morgan fingerprint density at radius 1 is 1.18 bits per heavy atom. The molecular weight excluding hydrogens is 392 g/mol. The molecule has 0 bridgehead atoms. The first-order chi connectivity index (χ1) is 7.86. The van der Waals surface area contributed by atoms with Gasteiger partial charge in [0.05, 0.1) is 0 Å². The molecule has 0 saturated heterocycles. The first-order valence-corrected chi connectivity index (χ1v) is 5.01. The molecule has 1 aliphatic heterocycles. The Morgan fingerprint density at radius 2 is 1.94 bits per heavy atom. The molecule has 0 spiro atoms. The largest absolute Gasteiger partial charge is 0.487 e. The molecular formula is C12H10IrN4-2. The Labute approximate surface area is 114 Å². The van der Waals surface area contributed by atoms with Gasteiger partial charge in [-0.15, -0.1) is 12.4 Å². The maximum Gasteiger partial charge on any atom is 0.143 e. The summed E-state index contributed by atoms with van der Waals surface area (Å²) < 4.78 is 0. The quantitative estimate of drug-likeness (QED) is 0.683. The van der Waals surface area contributed by atoms with Crippen molar-refractivity contribution in [1.29, 1.82) is 0 Å². The number of fused-ring (bicyclic) bond motifs is 1. The molecule has 1 radical (unpaired) electrons. The predicted octanol–water partition coefficient (Wildman–Crippen LogP) is 1.98. The van der Waals surface area contributed by atoms with Crippen molar-refractivity contribution in [2.24, 2.45) is 0 Å². The van der Waals surface area contributed by atoms with Gasteiger partial charge in [0, 0.05) is 32.5 Å². The van der Waals surface area contributed by atoms with Gasteiger partial charge in [0.2, 0.25) is 0 Å². The summed E-state index contributed by atoms with van der Waals surface area (Å²) in [6.45, 7) is 1.95. The zero-order valence-electron chi connectivity index (χ0n) is 9.16. The molecule has 1 aliphatic rings. The molecule has 1 aromatic heterocycles. The topological polar surface area (TPSA) is 32.3 Å². The molecule has 0 saturated carbocycles. The van der Waals surface area contributed by atoms with Crippen LogP contribution in [0.2, 0.25) is 0 Å². The van der Waals surface area contributed by atoms with Crippen LogP contribution in [0, 0.1) is 12.7 Å². The number of aromatic nitrogens is 2. The molecule has 1 aromatic carbocycles. The number of rotatable bonds is 1. The van der Waals surface area contributed by atoms with Crippen molar-refractivity contribution in [1.82, 2.24) is 9.97 Å². The number of para-hydroxylation sites is 1. The van der Waals surface area contributed by atoms with Gasteiger partial charge in [0.25, 0.3) is 0 Å². The third-order valence-electron chi connectivity index (χ3n) is 2.46. The maximum atomic E-state index is 4.34. The molecule has 0 atom stereocenters. The number of hydrogen-bond donors (Lipinski definition) is 0. The van der Waals surface area contributed by atoms with Crippen molar-refractivity contribution in [2.75, 3.05) is 16.8 Å². The average Bonchev–Trinajstić information content (AvgIpc) is 2.69. The molecule has 2 heterocycles. The summed E-state index contributed by atoms with van der Waals surface area (Å²) in [5.74, 6) is 1.70. The van der Waals surface area contributed by atoms with Crippen molar-refractivity contribution >= 4 is 17.3 Å². The van der Waals surface area contributed by atoms with Gasteiger partial charge in [-0.2, -0.15) is 30.3 Å². The average molecular weight is 402 g/mol. The van der Waals surface area contributed by atoms with E-state index in [1.165, 1.54) is 0 Å². The second-order valence-corrected chi connectivity index (χ2v) is 3.55. The van der Waals surface area contributed by atoms with E-state index in [1.807, 2.05) is 47.8 Å². The molecule has 3 rings (SSSR count). The first-order valence-electron chi connectivity index (χ1n) is 5.01. The Hall–Kier alpha value is -1.45. The maximum absolute atomic E-state index is 4.34. The van der Waals surface area contributed by atoms with E-state index < -0.39 is 0 Å². The molecule has 5 heteroatoms.